The summed E-state index contributed by atoms with van der Waals surface area (Å²) < 4.78 is 5.15. The van der Waals surface area contributed by atoms with Gasteiger partial charge in [-0.15, -0.1) is 0 Å². The fourth-order valence-corrected chi connectivity index (χ4v) is 2.26. The van der Waals surface area contributed by atoms with Crippen LogP contribution in [0.2, 0.25) is 0 Å². The van der Waals surface area contributed by atoms with Gasteiger partial charge >= 0.3 is 12.1 Å². The van der Waals surface area contributed by atoms with Gasteiger partial charge in [-0.05, 0) is 26.8 Å². The maximum atomic E-state index is 11.9. The molecule has 1 aromatic rings. The number of rotatable bonds is 3. The van der Waals surface area contributed by atoms with Crippen molar-refractivity contribution >= 4 is 18.0 Å². The molecule has 2 heterocycles. The highest BCUT2D eigenvalue weighted by molar-refractivity contribution is 5.86. The second-order valence-corrected chi connectivity index (χ2v) is 6.23. The highest BCUT2D eigenvalue weighted by atomic mass is 16.6. The number of hydrogen-bond acceptors (Lipinski definition) is 6. The molecule has 8 heteroatoms. The van der Waals surface area contributed by atoms with Gasteiger partial charge in [0.1, 0.15) is 5.60 Å². The zero-order chi connectivity index (χ0) is 16.4. The molecule has 1 atom stereocenters. The zero-order valence-electron chi connectivity index (χ0n) is 12.9. The molecule has 0 aromatic carbocycles. The number of anilines is 1. The van der Waals surface area contributed by atoms with E-state index >= 15 is 0 Å². The van der Waals surface area contributed by atoms with E-state index in [0.29, 0.717) is 12.5 Å². The minimum atomic E-state index is -1.40. The van der Waals surface area contributed by atoms with Crippen molar-refractivity contribution in [3.8, 4) is 0 Å². The third kappa shape index (κ3) is 3.63. The lowest BCUT2D eigenvalue weighted by atomic mass is 9.99. The maximum absolute atomic E-state index is 11.9. The summed E-state index contributed by atoms with van der Waals surface area (Å²) in [7, 11) is 0. The van der Waals surface area contributed by atoms with Crippen molar-refractivity contribution in [3.05, 3.63) is 18.5 Å². The van der Waals surface area contributed by atoms with E-state index < -0.39 is 23.2 Å². The quantitative estimate of drug-likeness (QED) is 0.859. The lowest BCUT2D eigenvalue weighted by Crippen LogP contribution is -2.57. The number of carboxylic acid groups (broad SMARTS) is 1. The summed E-state index contributed by atoms with van der Waals surface area (Å²) in [6.45, 7) is 5.69. The molecule has 0 radical (unpaired) electrons. The predicted octanol–water partition coefficient (Wildman–Crippen LogP) is 1.03. The van der Waals surface area contributed by atoms with Crippen LogP contribution in [-0.2, 0) is 9.53 Å². The molecule has 0 spiro atoms. The van der Waals surface area contributed by atoms with Crippen LogP contribution >= 0.6 is 0 Å². The van der Waals surface area contributed by atoms with Gasteiger partial charge in [0.15, 0.2) is 5.54 Å². The first-order valence-corrected chi connectivity index (χ1v) is 6.98. The molecule has 1 amide bonds. The molecule has 1 fully saturated rings. The number of aromatic nitrogens is 2. The number of alkyl carbamates (subject to hydrolysis) is 1. The number of hydrogen-bond donors (Lipinski definition) is 2. The lowest BCUT2D eigenvalue weighted by molar-refractivity contribution is -0.143. The van der Waals surface area contributed by atoms with E-state index in [1.807, 2.05) is 0 Å². The van der Waals surface area contributed by atoms with Crippen molar-refractivity contribution in [2.75, 3.05) is 18.0 Å². The van der Waals surface area contributed by atoms with Crippen LogP contribution in [0.15, 0.2) is 18.5 Å². The number of carboxylic acids is 1. The number of amides is 1. The van der Waals surface area contributed by atoms with Gasteiger partial charge in [0.2, 0.25) is 5.95 Å². The van der Waals surface area contributed by atoms with Crippen molar-refractivity contribution < 1.29 is 19.4 Å². The van der Waals surface area contributed by atoms with E-state index in [1.54, 1.807) is 44.1 Å². The van der Waals surface area contributed by atoms with E-state index in [1.165, 1.54) is 0 Å². The summed E-state index contributed by atoms with van der Waals surface area (Å²) in [5.74, 6) is -0.659. The Balaban J connectivity index is 2.11. The van der Waals surface area contributed by atoms with Gasteiger partial charge in [0.05, 0.1) is 6.54 Å². The number of ether oxygens (including phenoxy) is 1. The van der Waals surface area contributed by atoms with Crippen molar-refractivity contribution in [1.29, 1.82) is 0 Å². The summed E-state index contributed by atoms with van der Waals surface area (Å²) in [6, 6.07) is 1.68. The molecule has 0 saturated carbocycles. The van der Waals surface area contributed by atoms with E-state index in [4.69, 9.17) is 4.74 Å². The molecule has 0 aliphatic carbocycles. The Bertz CT molecular complexity index is 558. The molecule has 120 valence electrons. The minimum absolute atomic E-state index is 0.0889. The Morgan fingerprint density at radius 1 is 1.36 bits per heavy atom. The van der Waals surface area contributed by atoms with Crippen LogP contribution in [0.3, 0.4) is 0 Å². The summed E-state index contributed by atoms with van der Waals surface area (Å²) in [5, 5.41) is 12.0. The molecule has 22 heavy (non-hydrogen) atoms. The minimum Gasteiger partial charge on any atom is -0.479 e. The number of carbonyl (C=O) groups is 2. The molecule has 1 saturated heterocycles. The average Bonchev–Trinajstić information content (AvgIpc) is 2.83. The smallest absolute Gasteiger partial charge is 0.408 e. The van der Waals surface area contributed by atoms with Crippen molar-refractivity contribution in [2.24, 2.45) is 0 Å². The fraction of sp³-hybridized carbons (Fsp3) is 0.571. The molecule has 2 rings (SSSR count). The zero-order valence-corrected chi connectivity index (χ0v) is 12.9. The van der Waals surface area contributed by atoms with Gasteiger partial charge in [-0.3, -0.25) is 0 Å². The summed E-state index contributed by atoms with van der Waals surface area (Å²) in [6.07, 6.45) is 2.68. The number of nitrogens with one attached hydrogen (secondary N) is 1. The molecule has 1 aliphatic heterocycles. The van der Waals surface area contributed by atoms with Gasteiger partial charge in [-0.2, -0.15) is 0 Å². The Hall–Kier alpha value is -2.38. The van der Waals surface area contributed by atoms with Crippen LogP contribution in [0.4, 0.5) is 10.7 Å². The summed E-state index contributed by atoms with van der Waals surface area (Å²) in [5.41, 5.74) is -2.09. The first kappa shape index (κ1) is 16.0. The van der Waals surface area contributed by atoms with Gasteiger partial charge in [-0.1, -0.05) is 0 Å². The second kappa shape index (κ2) is 5.78. The van der Waals surface area contributed by atoms with Crippen LogP contribution in [-0.4, -0.2) is 51.4 Å². The monoisotopic (exact) mass is 308 g/mol. The SMILES string of the molecule is CC(C)(C)OC(=O)NC1(C(=O)O)CCN(c2ncccn2)C1. The van der Waals surface area contributed by atoms with Gasteiger partial charge in [0, 0.05) is 25.4 Å². The number of aliphatic carboxylic acids is 1. The van der Waals surface area contributed by atoms with Crippen LogP contribution in [0.25, 0.3) is 0 Å². The summed E-state index contributed by atoms with van der Waals surface area (Å²) in [4.78, 5) is 33.5. The third-order valence-corrected chi connectivity index (χ3v) is 3.25. The topological polar surface area (TPSA) is 105 Å². The largest absolute Gasteiger partial charge is 0.479 e. The van der Waals surface area contributed by atoms with E-state index in [0.717, 1.165) is 0 Å². The molecular weight excluding hydrogens is 288 g/mol. The molecule has 1 aliphatic rings. The third-order valence-electron chi connectivity index (χ3n) is 3.25. The average molecular weight is 308 g/mol. The molecule has 1 aromatic heterocycles. The maximum Gasteiger partial charge on any atom is 0.408 e. The van der Waals surface area contributed by atoms with Crippen LogP contribution < -0.4 is 10.2 Å². The Labute approximate surface area is 128 Å². The lowest BCUT2D eigenvalue weighted by Gasteiger charge is -2.28. The van der Waals surface area contributed by atoms with Crippen LogP contribution in [0.5, 0.6) is 0 Å². The highest BCUT2D eigenvalue weighted by Gasteiger charge is 2.47. The van der Waals surface area contributed by atoms with Crippen LogP contribution in [0, 0.1) is 0 Å². The Kier molecular flexibility index (Phi) is 4.20. The number of nitrogens with zero attached hydrogens (tertiary/aromatic N) is 3. The standard InChI is InChI=1S/C14H20N4O4/c1-13(2,3)22-12(21)17-14(10(19)20)5-8-18(9-14)11-15-6-4-7-16-11/h4,6-7H,5,8-9H2,1-3H3,(H,17,21)(H,19,20). The van der Waals surface area contributed by atoms with Crippen molar-refractivity contribution in [3.63, 3.8) is 0 Å². The molecule has 8 nitrogen and oxygen atoms in total. The van der Waals surface area contributed by atoms with Crippen LogP contribution in [0.1, 0.15) is 27.2 Å². The normalized spacial score (nSPS) is 21.5. The van der Waals surface area contributed by atoms with Gasteiger partial charge < -0.3 is 20.1 Å². The molecule has 0 bridgehead atoms. The first-order chi connectivity index (χ1) is 10.2. The van der Waals surface area contributed by atoms with Gasteiger partial charge in [0.25, 0.3) is 0 Å². The van der Waals surface area contributed by atoms with E-state index in [-0.39, 0.29) is 13.0 Å². The first-order valence-electron chi connectivity index (χ1n) is 6.98. The highest BCUT2D eigenvalue weighted by Crippen LogP contribution is 2.25. The van der Waals surface area contributed by atoms with E-state index in [2.05, 4.69) is 15.3 Å². The second-order valence-electron chi connectivity index (χ2n) is 6.23. The fourth-order valence-electron chi connectivity index (χ4n) is 2.26. The molecular formula is C14H20N4O4. The Morgan fingerprint density at radius 3 is 2.55 bits per heavy atom. The van der Waals surface area contributed by atoms with Gasteiger partial charge in [-0.25, -0.2) is 19.6 Å². The summed E-state index contributed by atoms with van der Waals surface area (Å²) >= 11 is 0. The van der Waals surface area contributed by atoms with Crippen molar-refractivity contribution in [2.45, 2.75) is 38.3 Å². The molecule has 1 unspecified atom stereocenters. The van der Waals surface area contributed by atoms with E-state index in [9.17, 15) is 14.7 Å². The Morgan fingerprint density at radius 2 is 2.00 bits per heavy atom. The van der Waals surface area contributed by atoms with Crippen molar-refractivity contribution in [1.82, 2.24) is 15.3 Å². The molecule has 2 N–H and O–H groups in total. The predicted molar refractivity (Wildman–Crippen MR) is 78.6 cm³/mol. The number of carbonyl (C=O) groups excluding carboxylic acids is 1.